The number of ether oxygens (including phenoxy) is 1. The van der Waals surface area contributed by atoms with Gasteiger partial charge in [-0.05, 0) is 55.3 Å². The summed E-state index contributed by atoms with van der Waals surface area (Å²) in [7, 11) is 1.60. The number of rotatable bonds is 9. The minimum atomic E-state index is -0.174. The van der Waals surface area contributed by atoms with Crippen LogP contribution in [0.15, 0.2) is 42.5 Å². The summed E-state index contributed by atoms with van der Waals surface area (Å²) in [6, 6.07) is 12.8. The second kappa shape index (κ2) is 11.1. The summed E-state index contributed by atoms with van der Waals surface area (Å²) in [6.07, 6.45) is 0. The lowest BCUT2D eigenvalue weighted by molar-refractivity contribution is -0.120. The third-order valence-electron chi connectivity index (χ3n) is 4.11. The molecule has 5 nitrogen and oxygen atoms in total. The predicted molar refractivity (Wildman–Crippen MR) is 116 cm³/mol. The highest BCUT2D eigenvalue weighted by atomic mass is 35.5. The van der Waals surface area contributed by atoms with Crippen molar-refractivity contribution in [2.75, 3.05) is 25.6 Å². The van der Waals surface area contributed by atoms with Gasteiger partial charge >= 0.3 is 0 Å². The summed E-state index contributed by atoms with van der Waals surface area (Å²) in [4.78, 5) is 24.3. The molecule has 0 heterocycles. The number of hydrogen-bond donors (Lipinski definition) is 2. The van der Waals surface area contributed by atoms with Gasteiger partial charge in [-0.2, -0.15) is 0 Å². The minimum Gasteiger partial charge on any atom is -0.383 e. The predicted octanol–water partition coefficient (Wildman–Crippen LogP) is 4.29. The van der Waals surface area contributed by atoms with Gasteiger partial charge in [-0.25, -0.2) is 0 Å². The summed E-state index contributed by atoms with van der Waals surface area (Å²) in [5, 5.41) is 6.21. The Bertz CT molecular complexity index is 812. The lowest BCUT2D eigenvalue weighted by Gasteiger charge is -2.12. The maximum absolute atomic E-state index is 12.4. The number of carbonyl (C=O) groups excluding carboxylic acids is 2. The second-order valence-electron chi connectivity index (χ2n) is 6.35. The molecular formula is C21H25ClN2O3S. The highest BCUT2D eigenvalue weighted by Gasteiger charge is 2.13. The van der Waals surface area contributed by atoms with E-state index in [1.807, 2.05) is 32.0 Å². The molecule has 0 aromatic heterocycles. The Balaban J connectivity index is 1.85. The average Bonchev–Trinajstić information content (AvgIpc) is 2.69. The van der Waals surface area contributed by atoms with Gasteiger partial charge in [0.15, 0.2) is 0 Å². The van der Waals surface area contributed by atoms with Crippen molar-refractivity contribution in [2.45, 2.75) is 24.9 Å². The number of aryl methyl sites for hydroxylation is 1. The fraction of sp³-hybridized carbons (Fsp3) is 0.333. The van der Waals surface area contributed by atoms with Crippen LogP contribution in [0, 0.1) is 6.92 Å². The number of carbonyl (C=O) groups is 2. The molecule has 7 heteroatoms. The zero-order valence-electron chi connectivity index (χ0n) is 16.3. The topological polar surface area (TPSA) is 67.4 Å². The second-order valence-corrected chi connectivity index (χ2v) is 8.09. The van der Waals surface area contributed by atoms with E-state index in [0.29, 0.717) is 35.2 Å². The third-order valence-corrected chi connectivity index (χ3v) is 5.74. The van der Waals surface area contributed by atoms with Crippen molar-refractivity contribution in [3.05, 3.63) is 64.2 Å². The fourth-order valence-electron chi connectivity index (χ4n) is 2.39. The van der Waals surface area contributed by atoms with Crippen molar-refractivity contribution in [2.24, 2.45) is 0 Å². The number of anilines is 1. The number of hydrogen-bond acceptors (Lipinski definition) is 4. The molecule has 1 unspecified atom stereocenters. The Kier molecular flexibility index (Phi) is 8.83. The van der Waals surface area contributed by atoms with E-state index < -0.39 is 0 Å². The number of halogens is 1. The van der Waals surface area contributed by atoms with E-state index in [1.54, 1.807) is 43.1 Å². The first-order chi connectivity index (χ1) is 13.4. The molecule has 150 valence electrons. The maximum Gasteiger partial charge on any atom is 0.255 e. The Morgan fingerprint density at radius 3 is 2.54 bits per heavy atom. The van der Waals surface area contributed by atoms with E-state index >= 15 is 0 Å². The normalized spacial score (nSPS) is 11.7. The maximum atomic E-state index is 12.4. The molecular weight excluding hydrogens is 396 g/mol. The Morgan fingerprint density at radius 1 is 1.18 bits per heavy atom. The van der Waals surface area contributed by atoms with Crippen LogP contribution in [-0.2, 0) is 15.3 Å². The number of methoxy groups -OCH3 is 1. The van der Waals surface area contributed by atoms with Crippen LogP contribution in [0.3, 0.4) is 0 Å². The van der Waals surface area contributed by atoms with E-state index in [9.17, 15) is 9.59 Å². The zero-order chi connectivity index (χ0) is 20.5. The first kappa shape index (κ1) is 22.3. The number of thioether (sulfide) groups is 1. The molecule has 0 spiro atoms. The molecule has 28 heavy (non-hydrogen) atoms. The number of amides is 2. The van der Waals surface area contributed by atoms with Gasteiger partial charge in [0.05, 0.1) is 11.9 Å². The molecule has 0 aliphatic carbocycles. The van der Waals surface area contributed by atoms with E-state index in [-0.39, 0.29) is 17.1 Å². The smallest absolute Gasteiger partial charge is 0.255 e. The van der Waals surface area contributed by atoms with Gasteiger partial charge in [0.2, 0.25) is 5.91 Å². The molecule has 0 saturated carbocycles. The van der Waals surface area contributed by atoms with Crippen LogP contribution in [0.1, 0.15) is 28.4 Å². The van der Waals surface area contributed by atoms with Crippen molar-refractivity contribution in [3.8, 4) is 0 Å². The Hall–Kier alpha value is -2.02. The van der Waals surface area contributed by atoms with Gasteiger partial charge in [0.1, 0.15) is 0 Å². The number of nitrogens with one attached hydrogen (secondary N) is 2. The summed E-state index contributed by atoms with van der Waals surface area (Å²) in [5.41, 5.74) is 3.25. The third kappa shape index (κ3) is 6.86. The van der Waals surface area contributed by atoms with Gasteiger partial charge < -0.3 is 15.4 Å². The summed E-state index contributed by atoms with van der Waals surface area (Å²) >= 11 is 7.56. The number of benzene rings is 2. The highest BCUT2D eigenvalue weighted by molar-refractivity contribution is 7.99. The summed E-state index contributed by atoms with van der Waals surface area (Å²) < 4.78 is 4.92. The van der Waals surface area contributed by atoms with Gasteiger partial charge in [-0.3, -0.25) is 9.59 Å². The van der Waals surface area contributed by atoms with Crippen LogP contribution >= 0.6 is 23.4 Å². The van der Waals surface area contributed by atoms with Crippen LogP contribution in [0.25, 0.3) is 0 Å². The van der Waals surface area contributed by atoms with Crippen molar-refractivity contribution >= 4 is 40.9 Å². The molecule has 0 aliphatic rings. The summed E-state index contributed by atoms with van der Waals surface area (Å²) in [6.45, 7) is 4.78. The van der Waals surface area contributed by atoms with Gasteiger partial charge in [0, 0.05) is 35.7 Å². The standard InChI is InChI=1S/C21H25ClN2O3S/c1-14-12-18(8-9-19(14)22)24-21(26)17-6-4-16(5-7-17)13-28-15(2)20(25)23-10-11-27-3/h4-9,12,15H,10-11,13H2,1-3H3,(H,23,25)(H,24,26). The van der Waals surface area contributed by atoms with E-state index in [2.05, 4.69) is 10.6 Å². The van der Waals surface area contributed by atoms with Crippen LogP contribution in [0.2, 0.25) is 5.02 Å². The van der Waals surface area contributed by atoms with E-state index in [1.165, 1.54) is 0 Å². The van der Waals surface area contributed by atoms with E-state index in [4.69, 9.17) is 16.3 Å². The summed E-state index contributed by atoms with van der Waals surface area (Å²) in [5.74, 6) is 0.514. The van der Waals surface area contributed by atoms with Crippen LogP contribution in [-0.4, -0.2) is 37.3 Å². The van der Waals surface area contributed by atoms with Crippen LogP contribution < -0.4 is 10.6 Å². The molecule has 2 N–H and O–H groups in total. The average molecular weight is 421 g/mol. The van der Waals surface area contributed by atoms with Gasteiger partial charge in [-0.15, -0.1) is 11.8 Å². The Labute approximate surface area is 175 Å². The molecule has 2 amide bonds. The lowest BCUT2D eigenvalue weighted by atomic mass is 10.1. The van der Waals surface area contributed by atoms with Gasteiger partial charge in [-0.1, -0.05) is 23.7 Å². The Morgan fingerprint density at radius 2 is 1.89 bits per heavy atom. The molecule has 2 rings (SSSR count). The monoisotopic (exact) mass is 420 g/mol. The van der Waals surface area contributed by atoms with Crippen molar-refractivity contribution in [3.63, 3.8) is 0 Å². The minimum absolute atomic E-state index is 0.00342. The SMILES string of the molecule is COCCNC(=O)C(C)SCc1ccc(C(=O)Nc2ccc(Cl)c(C)c2)cc1. The quantitative estimate of drug-likeness (QED) is 0.594. The molecule has 0 fully saturated rings. The first-order valence-corrected chi connectivity index (χ1v) is 10.4. The molecule has 0 bridgehead atoms. The largest absolute Gasteiger partial charge is 0.383 e. The molecule has 0 radical (unpaired) electrons. The van der Waals surface area contributed by atoms with E-state index in [0.717, 1.165) is 11.1 Å². The first-order valence-electron chi connectivity index (χ1n) is 8.95. The molecule has 0 aliphatic heterocycles. The van der Waals surface area contributed by atoms with Crippen molar-refractivity contribution in [1.82, 2.24) is 5.32 Å². The fourth-order valence-corrected chi connectivity index (χ4v) is 3.38. The van der Waals surface area contributed by atoms with Crippen LogP contribution in [0.5, 0.6) is 0 Å². The lowest BCUT2D eigenvalue weighted by Crippen LogP contribution is -2.33. The van der Waals surface area contributed by atoms with Crippen molar-refractivity contribution < 1.29 is 14.3 Å². The zero-order valence-corrected chi connectivity index (χ0v) is 17.8. The molecule has 0 saturated heterocycles. The van der Waals surface area contributed by atoms with Crippen LogP contribution in [0.4, 0.5) is 5.69 Å². The van der Waals surface area contributed by atoms with Crippen molar-refractivity contribution in [1.29, 1.82) is 0 Å². The molecule has 2 aromatic carbocycles. The molecule has 2 aromatic rings. The molecule has 1 atom stereocenters. The van der Waals surface area contributed by atoms with Gasteiger partial charge in [0.25, 0.3) is 5.91 Å². The highest BCUT2D eigenvalue weighted by Crippen LogP contribution is 2.21.